The van der Waals surface area contributed by atoms with Crippen LogP contribution in [0.1, 0.15) is 30.1 Å². The molecule has 1 unspecified atom stereocenters. The van der Waals surface area contributed by atoms with Crippen LogP contribution in [-0.4, -0.2) is 62.0 Å². The van der Waals surface area contributed by atoms with Gasteiger partial charge in [-0.15, -0.1) is 0 Å². The molecule has 1 saturated heterocycles. The van der Waals surface area contributed by atoms with Crippen LogP contribution in [0.15, 0.2) is 24.3 Å². The first-order valence-corrected chi connectivity index (χ1v) is 7.72. The van der Waals surface area contributed by atoms with Gasteiger partial charge in [-0.3, -0.25) is 9.69 Å². The zero-order valence-electron chi connectivity index (χ0n) is 13.3. The van der Waals surface area contributed by atoms with E-state index < -0.39 is 0 Å². The zero-order valence-corrected chi connectivity index (χ0v) is 13.3. The Morgan fingerprint density at radius 2 is 1.90 bits per heavy atom. The van der Waals surface area contributed by atoms with E-state index in [0.717, 1.165) is 24.4 Å². The van der Waals surface area contributed by atoms with Gasteiger partial charge >= 0.3 is 0 Å². The third kappa shape index (κ3) is 4.29. The average molecular weight is 290 g/mol. The first-order valence-electron chi connectivity index (χ1n) is 7.72. The predicted molar refractivity (Wildman–Crippen MR) is 85.1 cm³/mol. The van der Waals surface area contributed by atoms with Crippen LogP contribution in [-0.2, 0) is 0 Å². The van der Waals surface area contributed by atoms with Crippen LogP contribution in [0, 0.1) is 0 Å². The maximum atomic E-state index is 12.5. The smallest absolute Gasteiger partial charge is 0.179 e. The lowest BCUT2D eigenvalue weighted by molar-refractivity contribution is 0.0859. The molecular weight excluding hydrogens is 264 g/mol. The first-order chi connectivity index (χ1) is 10.1. The van der Waals surface area contributed by atoms with Crippen LogP contribution >= 0.6 is 0 Å². The highest BCUT2D eigenvalue weighted by Crippen LogP contribution is 2.14. The monoisotopic (exact) mass is 290 g/mol. The molecule has 1 fully saturated rings. The average Bonchev–Trinajstić information content (AvgIpc) is 3.04. The lowest BCUT2D eigenvalue weighted by atomic mass is 10.0. The number of nitrogens with zero attached hydrogens (tertiary/aromatic N) is 2. The van der Waals surface area contributed by atoms with Gasteiger partial charge in [0.1, 0.15) is 5.75 Å². The molecule has 0 saturated carbocycles. The van der Waals surface area contributed by atoms with Crippen molar-refractivity contribution < 1.29 is 9.53 Å². The Balaban J connectivity index is 1.87. The van der Waals surface area contributed by atoms with Crippen molar-refractivity contribution in [1.29, 1.82) is 0 Å². The summed E-state index contributed by atoms with van der Waals surface area (Å²) in [4.78, 5) is 17.1. The summed E-state index contributed by atoms with van der Waals surface area (Å²) in [5.41, 5.74) is 0.747. The van der Waals surface area contributed by atoms with Gasteiger partial charge in [-0.2, -0.15) is 0 Å². The second-order valence-corrected chi connectivity index (χ2v) is 5.80. The molecule has 1 aliphatic heterocycles. The molecule has 0 N–H and O–H groups in total. The molecule has 0 aliphatic carbocycles. The molecular formula is C17H26N2O2. The summed E-state index contributed by atoms with van der Waals surface area (Å²) in [6.45, 7) is 6.37. The highest BCUT2D eigenvalue weighted by Gasteiger charge is 2.20. The zero-order chi connectivity index (χ0) is 15.2. The number of ether oxygens (including phenoxy) is 1. The topological polar surface area (TPSA) is 32.8 Å². The summed E-state index contributed by atoms with van der Waals surface area (Å²) in [6, 6.07) is 7.26. The van der Waals surface area contributed by atoms with Gasteiger partial charge < -0.3 is 9.64 Å². The summed E-state index contributed by atoms with van der Waals surface area (Å²) in [5, 5.41) is 0. The van der Waals surface area contributed by atoms with Crippen molar-refractivity contribution in [3.63, 3.8) is 0 Å². The molecule has 1 heterocycles. The number of methoxy groups -OCH3 is 1. The summed E-state index contributed by atoms with van der Waals surface area (Å²) in [5.74, 6) is 0.947. The number of rotatable bonds is 7. The highest BCUT2D eigenvalue weighted by atomic mass is 16.5. The molecule has 116 valence electrons. The SMILES string of the molecule is COc1ccc(C(=O)C(C)N(C)CCN2CCCC2)cc1. The molecule has 0 spiro atoms. The number of carbonyl (C=O) groups is 1. The molecule has 4 heteroatoms. The van der Waals surface area contributed by atoms with Crippen LogP contribution in [0.2, 0.25) is 0 Å². The number of benzene rings is 1. The van der Waals surface area contributed by atoms with Gasteiger partial charge in [0.05, 0.1) is 13.2 Å². The van der Waals surface area contributed by atoms with Gasteiger partial charge in [0.2, 0.25) is 0 Å². The van der Waals surface area contributed by atoms with Crippen molar-refractivity contribution >= 4 is 5.78 Å². The van der Waals surface area contributed by atoms with Gasteiger partial charge in [-0.25, -0.2) is 0 Å². The summed E-state index contributed by atoms with van der Waals surface area (Å²) < 4.78 is 5.13. The maximum absolute atomic E-state index is 12.5. The van der Waals surface area contributed by atoms with Crippen LogP contribution in [0.4, 0.5) is 0 Å². The fourth-order valence-electron chi connectivity index (χ4n) is 2.70. The number of carbonyl (C=O) groups excluding carboxylic acids is 1. The van der Waals surface area contributed by atoms with Crippen LogP contribution in [0.5, 0.6) is 5.75 Å². The molecule has 1 atom stereocenters. The van der Waals surface area contributed by atoms with Gasteiger partial charge in [-0.05, 0) is 64.2 Å². The molecule has 21 heavy (non-hydrogen) atoms. The molecule has 2 rings (SSSR count). The second kappa shape index (κ2) is 7.57. The number of Topliss-reactive ketones (excluding diaryl/α,β-unsaturated/α-hetero) is 1. The molecule has 0 amide bonds. The van der Waals surface area contributed by atoms with E-state index in [4.69, 9.17) is 4.74 Å². The molecule has 0 bridgehead atoms. The van der Waals surface area contributed by atoms with E-state index in [1.54, 1.807) is 7.11 Å². The van der Waals surface area contributed by atoms with Crippen LogP contribution < -0.4 is 4.74 Å². The third-order valence-corrected chi connectivity index (χ3v) is 4.38. The van der Waals surface area contributed by atoms with E-state index in [2.05, 4.69) is 9.80 Å². The Kier molecular flexibility index (Phi) is 5.76. The molecule has 4 nitrogen and oxygen atoms in total. The van der Waals surface area contributed by atoms with Crippen molar-refractivity contribution in [3.05, 3.63) is 29.8 Å². The van der Waals surface area contributed by atoms with Crippen molar-refractivity contribution in [2.45, 2.75) is 25.8 Å². The van der Waals surface area contributed by atoms with Crippen LogP contribution in [0.3, 0.4) is 0 Å². The number of hydrogen-bond acceptors (Lipinski definition) is 4. The van der Waals surface area contributed by atoms with Gasteiger partial charge in [-0.1, -0.05) is 0 Å². The highest BCUT2D eigenvalue weighted by molar-refractivity contribution is 5.99. The summed E-state index contributed by atoms with van der Waals surface area (Å²) in [7, 11) is 3.66. The fraction of sp³-hybridized carbons (Fsp3) is 0.588. The normalized spacial score (nSPS) is 17.1. The standard InChI is InChI=1S/C17H26N2O2/c1-14(18(2)12-13-19-10-4-5-11-19)17(20)15-6-8-16(21-3)9-7-15/h6-9,14H,4-5,10-13H2,1-3H3. The maximum Gasteiger partial charge on any atom is 0.179 e. The molecule has 1 aliphatic rings. The van der Waals surface area contributed by atoms with Crippen molar-refractivity contribution in [1.82, 2.24) is 9.80 Å². The number of likely N-dealkylation sites (tertiary alicyclic amines) is 1. The van der Waals surface area contributed by atoms with Gasteiger partial charge in [0.25, 0.3) is 0 Å². The Bertz CT molecular complexity index is 452. The Morgan fingerprint density at radius 1 is 1.29 bits per heavy atom. The molecule has 1 aromatic carbocycles. The quantitative estimate of drug-likeness (QED) is 0.721. The third-order valence-electron chi connectivity index (χ3n) is 4.38. The van der Waals surface area contributed by atoms with Gasteiger partial charge in [0.15, 0.2) is 5.78 Å². The summed E-state index contributed by atoms with van der Waals surface area (Å²) >= 11 is 0. The van der Waals surface area contributed by atoms with Crippen LogP contribution in [0.25, 0.3) is 0 Å². The first kappa shape index (κ1) is 16.0. The predicted octanol–water partition coefficient (Wildman–Crippen LogP) is 2.29. The van der Waals surface area contributed by atoms with Crippen molar-refractivity contribution in [3.8, 4) is 5.75 Å². The molecule has 1 aromatic rings. The van der Waals surface area contributed by atoms with E-state index >= 15 is 0 Å². The minimum absolute atomic E-state index is 0.0963. The van der Waals surface area contributed by atoms with E-state index in [0.29, 0.717) is 0 Å². The molecule has 0 radical (unpaired) electrons. The van der Waals surface area contributed by atoms with E-state index in [-0.39, 0.29) is 11.8 Å². The minimum atomic E-state index is -0.0963. The van der Waals surface area contributed by atoms with E-state index in [9.17, 15) is 4.79 Å². The number of likely N-dealkylation sites (N-methyl/N-ethyl adjacent to an activating group) is 1. The largest absolute Gasteiger partial charge is 0.497 e. The van der Waals surface area contributed by atoms with Crippen molar-refractivity contribution in [2.24, 2.45) is 0 Å². The van der Waals surface area contributed by atoms with E-state index in [1.165, 1.54) is 25.9 Å². The molecule has 0 aromatic heterocycles. The summed E-state index contributed by atoms with van der Waals surface area (Å²) in [6.07, 6.45) is 2.62. The lowest BCUT2D eigenvalue weighted by Crippen LogP contribution is -2.40. The van der Waals surface area contributed by atoms with Gasteiger partial charge in [0, 0.05) is 18.7 Å². The lowest BCUT2D eigenvalue weighted by Gasteiger charge is -2.26. The number of ketones is 1. The Labute approximate surface area is 127 Å². The van der Waals surface area contributed by atoms with Crippen molar-refractivity contribution in [2.75, 3.05) is 40.3 Å². The number of hydrogen-bond donors (Lipinski definition) is 0. The fourth-order valence-corrected chi connectivity index (χ4v) is 2.70. The van der Waals surface area contributed by atoms with E-state index in [1.807, 2.05) is 38.2 Å². The Hall–Kier alpha value is -1.39. The Morgan fingerprint density at radius 3 is 2.48 bits per heavy atom. The second-order valence-electron chi connectivity index (χ2n) is 5.80. The minimum Gasteiger partial charge on any atom is -0.497 e.